The molecular formula is C53H44N4. The third-order valence-electron chi connectivity index (χ3n) is 12.2. The summed E-state index contributed by atoms with van der Waals surface area (Å²) in [5, 5.41) is 2.59. The molecule has 0 amide bonds. The maximum atomic E-state index is 5.11. The molecule has 2 aromatic heterocycles. The normalized spacial score (nSPS) is 14.5. The molecule has 0 N–H and O–H groups in total. The molecule has 4 nitrogen and oxygen atoms in total. The minimum atomic E-state index is 0.113. The van der Waals surface area contributed by atoms with Gasteiger partial charge in [0.15, 0.2) is 17.5 Å². The first kappa shape index (κ1) is 34.8. The smallest absolute Gasteiger partial charge is 0.164 e. The van der Waals surface area contributed by atoms with Crippen molar-refractivity contribution >= 4 is 21.8 Å². The molecule has 0 saturated carbocycles. The van der Waals surface area contributed by atoms with Gasteiger partial charge in [-0.15, -0.1) is 0 Å². The van der Waals surface area contributed by atoms with E-state index in [4.69, 9.17) is 15.0 Å². The summed E-state index contributed by atoms with van der Waals surface area (Å²) in [7, 11) is 0. The number of rotatable bonds is 6. The number of fused-ring (bicyclic) bond motifs is 4. The summed E-state index contributed by atoms with van der Waals surface area (Å²) >= 11 is 0. The van der Waals surface area contributed by atoms with E-state index in [9.17, 15) is 0 Å². The van der Waals surface area contributed by atoms with Crippen LogP contribution in [0.4, 0.5) is 0 Å². The van der Waals surface area contributed by atoms with Gasteiger partial charge in [-0.3, -0.25) is 0 Å². The highest BCUT2D eigenvalue weighted by Gasteiger charge is 2.37. The van der Waals surface area contributed by atoms with Crippen molar-refractivity contribution in [3.63, 3.8) is 0 Å². The topological polar surface area (TPSA) is 43.6 Å². The van der Waals surface area contributed by atoms with Gasteiger partial charge in [-0.25, -0.2) is 15.0 Å². The predicted molar refractivity (Wildman–Crippen MR) is 237 cm³/mol. The van der Waals surface area contributed by atoms with Gasteiger partial charge in [0.25, 0.3) is 0 Å². The molecule has 10 rings (SSSR count). The molecule has 276 valence electrons. The monoisotopic (exact) mass is 736 g/mol. The fourth-order valence-electron chi connectivity index (χ4n) is 8.72. The summed E-state index contributed by atoms with van der Waals surface area (Å²) in [6.07, 6.45) is 2.37. The van der Waals surface area contributed by atoms with E-state index in [1.54, 1.807) is 0 Å². The van der Waals surface area contributed by atoms with Crippen molar-refractivity contribution in [1.29, 1.82) is 0 Å². The van der Waals surface area contributed by atoms with Crippen LogP contribution in [0.15, 0.2) is 170 Å². The Morgan fingerprint density at radius 2 is 0.754 bits per heavy atom. The van der Waals surface area contributed by atoms with E-state index in [2.05, 4.69) is 190 Å². The molecule has 9 aromatic rings. The molecular weight excluding hydrogens is 693 g/mol. The molecule has 7 aromatic carbocycles. The molecule has 0 spiro atoms. The maximum absolute atomic E-state index is 5.11. The largest absolute Gasteiger partial charge is 0.309 e. The van der Waals surface area contributed by atoms with Crippen molar-refractivity contribution in [3.05, 3.63) is 181 Å². The van der Waals surface area contributed by atoms with Crippen LogP contribution in [0.2, 0.25) is 0 Å². The number of benzene rings is 7. The second-order valence-corrected chi connectivity index (χ2v) is 16.8. The summed E-state index contributed by atoms with van der Waals surface area (Å²) in [6.45, 7) is 9.62. The average molecular weight is 737 g/mol. The zero-order chi connectivity index (χ0) is 38.7. The van der Waals surface area contributed by atoms with E-state index >= 15 is 0 Å². The van der Waals surface area contributed by atoms with Crippen molar-refractivity contribution in [3.8, 4) is 62.1 Å². The van der Waals surface area contributed by atoms with Gasteiger partial charge in [-0.1, -0.05) is 155 Å². The van der Waals surface area contributed by atoms with Gasteiger partial charge in [0.05, 0.1) is 11.0 Å². The zero-order valence-corrected chi connectivity index (χ0v) is 32.9. The first-order valence-electron chi connectivity index (χ1n) is 20.0. The fraction of sp³-hybridized carbons (Fsp3) is 0.151. The van der Waals surface area contributed by atoms with Gasteiger partial charge in [0.1, 0.15) is 0 Å². The number of para-hydroxylation sites is 1. The maximum Gasteiger partial charge on any atom is 0.164 e. The number of hydrogen-bond acceptors (Lipinski definition) is 3. The molecule has 0 fully saturated rings. The van der Waals surface area contributed by atoms with Crippen LogP contribution < -0.4 is 0 Å². The Hall–Kier alpha value is -6.65. The lowest BCUT2D eigenvalue weighted by Crippen LogP contribution is -2.33. The molecule has 57 heavy (non-hydrogen) atoms. The first-order valence-corrected chi connectivity index (χ1v) is 20.0. The third kappa shape index (κ3) is 6.22. The zero-order valence-electron chi connectivity index (χ0n) is 32.9. The van der Waals surface area contributed by atoms with E-state index in [-0.39, 0.29) is 10.8 Å². The van der Waals surface area contributed by atoms with Crippen molar-refractivity contribution in [2.45, 2.75) is 51.4 Å². The average Bonchev–Trinajstić information content (AvgIpc) is 3.59. The molecule has 1 aliphatic carbocycles. The SMILES string of the molecule is CC1(C)CCC(C)(C)c2cc3c(cc21)c1ccccc1n3-c1ccc(-c2nc(-c3ccc(-c4ccccc4)cc3)nc(-c3ccc(-c4ccccc4)cc3)n2)cc1. The molecule has 0 aliphatic heterocycles. The highest BCUT2D eigenvalue weighted by atomic mass is 15.0. The molecule has 1 aliphatic rings. The fourth-order valence-corrected chi connectivity index (χ4v) is 8.72. The molecule has 4 heteroatoms. The molecule has 0 unspecified atom stereocenters. The van der Waals surface area contributed by atoms with Crippen LogP contribution in [0.5, 0.6) is 0 Å². The number of aromatic nitrogens is 4. The second-order valence-electron chi connectivity index (χ2n) is 16.8. The molecule has 0 radical (unpaired) electrons. The molecule has 0 atom stereocenters. The van der Waals surface area contributed by atoms with Gasteiger partial charge in [0, 0.05) is 33.2 Å². The molecule has 0 saturated heterocycles. The van der Waals surface area contributed by atoms with Gasteiger partial charge < -0.3 is 4.57 Å². The Morgan fingerprint density at radius 1 is 0.368 bits per heavy atom. The lowest BCUT2D eigenvalue weighted by atomic mass is 9.63. The summed E-state index contributed by atoms with van der Waals surface area (Å²) in [5.74, 6) is 1.92. The van der Waals surface area contributed by atoms with E-state index in [1.165, 1.54) is 56.9 Å². The van der Waals surface area contributed by atoms with Crippen molar-refractivity contribution in [2.75, 3.05) is 0 Å². The highest BCUT2D eigenvalue weighted by Crippen LogP contribution is 2.48. The van der Waals surface area contributed by atoms with Gasteiger partial charge in [0.2, 0.25) is 0 Å². The number of hydrogen-bond donors (Lipinski definition) is 0. The van der Waals surface area contributed by atoms with Crippen molar-refractivity contribution in [1.82, 2.24) is 19.5 Å². The Labute approximate surface area is 334 Å². The van der Waals surface area contributed by atoms with E-state index in [0.717, 1.165) is 33.5 Å². The Bertz CT molecular complexity index is 2800. The van der Waals surface area contributed by atoms with Crippen LogP contribution in [0.1, 0.15) is 51.7 Å². The van der Waals surface area contributed by atoms with Crippen LogP contribution in [0, 0.1) is 0 Å². The van der Waals surface area contributed by atoms with Crippen LogP contribution in [0.25, 0.3) is 83.9 Å². The molecule has 2 heterocycles. The second kappa shape index (κ2) is 13.5. The Kier molecular flexibility index (Phi) is 8.26. The standard InChI is InChI=1S/C53H44N4/c1-52(2)31-32-53(3,4)46-34-48-44(33-45(46)52)43-17-11-12-18-47(43)57(48)42-29-27-41(28-30-42)51-55-49(39-23-19-37(20-24-39)35-13-7-5-8-14-35)54-50(56-51)40-25-21-38(22-26-40)36-15-9-6-10-16-36/h5-30,33-34H,31-32H2,1-4H3. The summed E-state index contributed by atoms with van der Waals surface area (Å²) in [4.78, 5) is 15.3. The lowest BCUT2D eigenvalue weighted by molar-refractivity contribution is 0.332. The minimum Gasteiger partial charge on any atom is -0.309 e. The summed E-state index contributed by atoms with van der Waals surface area (Å²) in [6, 6.07) is 60.4. The molecule has 0 bridgehead atoms. The van der Waals surface area contributed by atoms with Gasteiger partial charge >= 0.3 is 0 Å². The van der Waals surface area contributed by atoms with Crippen LogP contribution in [-0.4, -0.2) is 19.5 Å². The lowest BCUT2D eigenvalue weighted by Gasteiger charge is -2.42. The summed E-state index contributed by atoms with van der Waals surface area (Å²) in [5.41, 5.74) is 14.2. The quantitative estimate of drug-likeness (QED) is 0.171. The van der Waals surface area contributed by atoms with E-state index in [0.29, 0.717) is 17.5 Å². The Morgan fingerprint density at radius 3 is 1.25 bits per heavy atom. The third-order valence-corrected chi connectivity index (χ3v) is 12.2. The van der Waals surface area contributed by atoms with Crippen LogP contribution >= 0.6 is 0 Å². The number of nitrogens with zero attached hydrogens (tertiary/aromatic N) is 4. The van der Waals surface area contributed by atoms with Gasteiger partial charge in [-0.2, -0.15) is 0 Å². The predicted octanol–water partition coefficient (Wildman–Crippen LogP) is 13.7. The van der Waals surface area contributed by atoms with Crippen LogP contribution in [0.3, 0.4) is 0 Å². The first-order chi connectivity index (χ1) is 27.7. The van der Waals surface area contributed by atoms with Crippen molar-refractivity contribution < 1.29 is 0 Å². The Balaban J connectivity index is 1.08. The van der Waals surface area contributed by atoms with Gasteiger partial charge in [-0.05, 0) is 99.5 Å². The summed E-state index contributed by atoms with van der Waals surface area (Å²) < 4.78 is 2.43. The van der Waals surface area contributed by atoms with Crippen LogP contribution in [-0.2, 0) is 10.8 Å². The van der Waals surface area contributed by atoms with E-state index < -0.39 is 0 Å². The highest BCUT2D eigenvalue weighted by molar-refractivity contribution is 6.10. The minimum absolute atomic E-state index is 0.113. The van der Waals surface area contributed by atoms with E-state index in [1.807, 2.05) is 12.1 Å². The van der Waals surface area contributed by atoms with Crippen molar-refractivity contribution in [2.24, 2.45) is 0 Å².